The molecule has 2 rings (SSSR count). The maximum atomic E-state index is 12.1. The summed E-state index contributed by atoms with van der Waals surface area (Å²) in [4.78, 5) is 12.1. The third-order valence-corrected chi connectivity index (χ3v) is 4.71. The first-order valence-electron chi connectivity index (χ1n) is 8.24. The molecule has 0 spiro atoms. The Bertz CT molecular complexity index is 426. The Balaban J connectivity index is 1.71. The zero-order valence-corrected chi connectivity index (χ0v) is 13.1. The minimum absolute atomic E-state index is 0.125. The van der Waals surface area contributed by atoms with Gasteiger partial charge in [0, 0.05) is 19.0 Å². The predicted octanol–water partition coefficient (Wildman–Crippen LogP) is 3.41. The molecular weight excluding hydrogens is 260 g/mol. The van der Waals surface area contributed by atoms with Gasteiger partial charge in [0.25, 0.3) is 0 Å². The molecule has 0 heterocycles. The second kappa shape index (κ2) is 8.18. The number of nitrogens with two attached hydrogens (primary N) is 1. The number of benzene rings is 1. The summed E-state index contributed by atoms with van der Waals surface area (Å²) in [6.45, 7) is 2.73. The number of nitrogens with one attached hydrogen (secondary N) is 1. The highest BCUT2D eigenvalue weighted by Crippen LogP contribution is 2.31. The monoisotopic (exact) mass is 288 g/mol. The lowest BCUT2D eigenvalue weighted by Crippen LogP contribution is -2.33. The van der Waals surface area contributed by atoms with Crippen molar-refractivity contribution in [2.75, 3.05) is 6.54 Å². The van der Waals surface area contributed by atoms with Crippen LogP contribution in [0.25, 0.3) is 0 Å². The van der Waals surface area contributed by atoms with Crippen molar-refractivity contribution >= 4 is 5.91 Å². The highest BCUT2D eigenvalue weighted by molar-refractivity contribution is 5.76. The Labute approximate surface area is 128 Å². The minimum atomic E-state index is -0.125. The zero-order valence-electron chi connectivity index (χ0n) is 13.1. The van der Waals surface area contributed by atoms with E-state index in [1.807, 2.05) is 30.3 Å². The van der Waals surface area contributed by atoms with Crippen LogP contribution in [0.3, 0.4) is 0 Å². The molecule has 1 saturated carbocycles. The van der Waals surface area contributed by atoms with Crippen molar-refractivity contribution in [3.05, 3.63) is 35.9 Å². The molecule has 1 fully saturated rings. The van der Waals surface area contributed by atoms with Crippen molar-refractivity contribution in [2.45, 2.75) is 51.5 Å². The van der Waals surface area contributed by atoms with Gasteiger partial charge in [0.2, 0.25) is 5.91 Å². The average molecular weight is 288 g/mol. The smallest absolute Gasteiger partial charge is 0.220 e. The van der Waals surface area contributed by atoms with Crippen LogP contribution in [0, 0.1) is 11.8 Å². The molecule has 0 bridgehead atoms. The van der Waals surface area contributed by atoms with Crippen molar-refractivity contribution in [3.8, 4) is 0 Å². The Morgan fingerprint density at radius 2 is 1.90 bits per heavy atom. The number of carbonyl (C=O) groups excluding carboxylic acids is 1. The van der Waals surface area contributed by atoms with Crippen molar-refractivity contribution in [3.63, 3.8) is 0 Å². The first-order valence-corrected chi connectivity index (χ1v) is 8.24. The van der Waals surface area contributed by atoms with Gasteiger partial charge < -0.3 is 11.1 Å². The molecule has 3 heteroatoms. The van der Waals surface area contributed by atoms with E-state index in [4.69, 9.17) is 5.73 Å². The molecule has 21 heavy (non-hydrogen) atoms. The number of hydrogen-bond donors (Lipinski definition) is 2. The van der Waals surface area contributed by atoms with Gasteiger partial charge in [-0.15, -0.1) is 0 Å². The van der Waals surface area contributed by atoms with Gasteiger partial charge in [0.05, 0.1) is 0 Å². The minimum Gasteiger partial charge on any atom is -0.354 e. The third kappa shape index (κ3) is 5.16. The summed E-state index contributed by atoms with van der Waals surface area (Å²) >= 11 is 0. The lowest BCUT2D eigenvalue weighted by atomic mass is 9.79. The van der Waals surface area contributed by atoms with Crippen LogP contribution in [0.15, 0.2) is 30.3 Å². The quantitative estimate of drug-likeness (QED) is 0.843. The summed E-state index contributed by atoms with van der Waals surface area (Å²) in [6, 6.07) is 9.80. The van der Waals surface area contributed by atoms with Crippen LogP contribution in [0.2, 0.25) is 0 Å². The highest BCUT2D eigenvalue weighted by atomic mass is 16.1. The first-order chi connectivity index (χ1) is 10.2. The van der Waals surface area contributed by atoms with Gasteiger partial charge in [-0.2, -0.15) is 0 Å². The van der Waals surface area contributed by atoms with Gasteiger partial charge in [-0.3, -0.25) is 4.79 Å². The Kier molecular flexibility index (Phi) is 6.24. The second-order valence-corrected chi connectivity index (χ2v) is 6.40. The Morgan fingerprint density at radius 1 is 1.24 bits per heavy atom. The maximum absolute atomic E-state index is 12.1. The Morgan fingerprint density at radius 3 is 2.57 bits per heavy atom. The van der Waals surface area contributed by atoms with E-state index in [0.717, 1.165) is 11.5 Å². The number of rotatable bonds is 6. The van der Waals surface area contributed by atoms with Crippen molar-refractivity contribution in [2.24, 2.45) is 17.6 Å². The van der Waals surface area contributed by atoms with Crippen LogP contribution >= 0.6 is 0 Å². The molecule has 116 valence electrons. The van der Waals surface area contributed by atoms with E-state index in [1.165, 1.54) is 32.1 Å². The summed E-state index contributed by atoms with van der Waals surface area (Å²) in [7, 11) is 0. The van der Waals surface area contributed by atoms with Gasteiger partial charge >= 0.3 is 0 Å². The highest BCUT2D eigenvalue weighted by Gasteiger charge is 2.22. The van der Waals surface area contributed by atoms with E-state index in [9.17, 15) is 4.79 Å². The standard InChI is InChI=1S/C18H28N2O/c1-14(15-8-4-2-5-9-15)12-18(21)20-13-17(19)16-10-6-3-7-11-16/h3,6-7,10-11,14-15,17H,2,4-5,8-9,12-13,19H2,1H3,(H,20,21). The van der Waals surface area contributed by atoms with Gasteiger partial charge in [0.15, 0.2) is 0 Å². The molecule has 0 radical (unpaired) electrons. The number of hydrogen-bond acceptors (Lipinski definition) is 2. The summed E-state index contributed by atoms with van der Waals surface area (Å²) in [6.07, 6.45) is 7.23. The summed E-state index contributed by atoms with van der Waals surface area (Å²) < 4.78 is 0. The Hall–Kier alpha value is -1.35. The van der Waals surface area contributed by atoms with E-state index < -0.39 is 0 Å². The largest absolute Gasteiger partial charge is 0.354 e. The van der Waals surface area contributed by atoms with Gasteiger partial charge in [-0.05, 0) is 17.4 Å². The molecule has 1 aromatic rings. The van der Waals surface area contributed by atoms with E-state index >= 15 is 0 Å². The normalized spacial score (nSPS) is 19.0. The molecule has 1 aromatic carbocycles. The predicted molar refractivity (Wildman–Crippen MR) is 86.7 cm³/mol. The van der Waals surface area contributed by atoms with Gasteiger partial charge in [-0.1, -0.05) is 69.4 Å². The molecule has 2 atom stereocenters. The van der Waals surface area contributed by atoms with Gasteiger partial charge in [-0.25, -0.2) is 0 Å². The fourth-order valence-corrected chi connectivity index (χ4v) is 3.28. The molecule has 0 saturated heterocycles. The van der Waals surface area contributed by atoms with Crippen molar-refractivity contribution in [1.82, 2.24) is 5.32 Å². The van der Waals surface area contributed by atoms with Crippen LogP contribution in [0.1, 0.15) is 57.1 Å². The molecule has 0 aromatic heterocycles. The van der Waals surface area contributed by atoms with Crippen molar-refractivity contribution < 1.29 is 4.79 Å². The fraction of sp³-hybridized carbons (Fsp3) is 0.611. The lowest BCUT2D eigenvalue weighted by molar-refractivity contribution is -0.122. The molecule has 3 nitrogen and oxygen atoms in total. The van der Waals surface area contributed by atoms with E-state index in [0.29, 0.717) is 18.9 Å². The third-order valence-electron chi connectivity index (χ3n) is 4.71. The van der Waals surface area contributed by atoms with E-state index in [2.05, 4.69) is 12.2 Å². The van der Waals surface area contributed by atoms with Crippen LogP contribution < -0.4 is 11.1 Å². The van der Waals surface area contributed by atoms with Crippen LogP contribution in [0.5, 0.6) is 0 Å². The topological polar surface area (TPSA) is 55.1 Å². The summed E-state index contributed by atoms with van der Waals surface area (Å²) in [5.74, 6) is 1.35. The molecule has 3 N–H and O–H groups in total. The summed E-state index contributed by atoms with van der Waals surface area (Å²) in [5, 5.41) is 2.99. The number of carbonyl (C=O) groups is 1. The first kappa shape index (κ1) is 16.0. The molecule has 1 aliphatic carbocycles. The van der Waals surface area contributed by atoms with Crippen LogP contribution in [-0.4, -0.2) is 12.5 Å². The van der Waals surface area contributed by atoms with Crippen LogP contribution in [-0.2, 0) is 4.79 Å². The SMILES string of the molecule is CC(CC(=O)NCC(N)c1ccccc1)C1CCCCC1. The fourth-order valence-electron chi connectivity index (χ4n) is 3.28. The maximum Gasteiger partial charge on any atom is 0.220 e. The molecule has 1 aliphatic rings. The molecule has 2 unspecified atom stereocenters. The second-order valence-electron chi connectivity index (χ2n) is 6.40. The van der Waals surface area contributed by atoms with E-state index in [-0.39, 0.29) is 11.9 Å². The average Bonchev–Trinajstić information content (AvgIpc) is 2.54. The molecular formula is C18H28N2O. The van der Waals surface area contributed by atoms with Crippen LogP contribution in [0.4, 0.5) is 0 Å². The van der Waals surface area contributed by atoms with E-state index in [1.54, 1.807) is 0 Å². The lowest BCUT2D eigenvalue weighted by Gasteiger charge is -2.27. The molecule has 1 amide bonds. The van der Waals surface area contributed by atoms with Crippen molar-refractivity contribution in [1.29, 1.82) is 0 Å². The summed E-state index contributed by atoms with van der Waals surface area (Å²) in [5.41, 5.74) is 7.17. The molecule has 0 aliphatic heterocycles. The number of amides is 1. The zero-order chi connectivity index (χ0) is 15.1. The van der Waals surface area contributed by atoms with Gasteiger partial charge in [0.1, 0.15) is 0 Å².